The number of aliphatic hydroxyl groups excluding tert-OH is 3. The summed E-state index contributed by atoms with van der Waals surface area (Å²) in [6.07, 6.45) is 16.4. The van der Waals surface area contributed by atoms with E-state index in [1.165, 1.54) is 89.9 Å². The van der Waals surface area contributed by atoms with Crippen LogP contribution in [-0.4, -0.2) is 53.1 Å². The molecule has 1 saturated heterocycles. The summed E-state index contributed by atoms with van der Waals surface area (Å²) in [6.45, 7) is 5.06. The minimum absolute atomic E-state index is 0.00300. The average Bonchev–Trinajstić information content (AvgIpc) is 2.75. The molecule has 1 unspecified atom stereocenters. The third-order valence-corrected chi connectivity index (χ3v) is 6.38. The predicted octanol–water partition coefficient (Wildman–Crippen LogP) is 5.34. The van der Waals surface area contributed by atoms with E-state index < -0.39 is 24.6 Å². The van der Waals surface area contributed by atoms with Crippen LogP contribution < -0.4 is 0 Å². The molecule has 5 heteroatoms. The molecule has 3 N–H and O–H groups in total. The lowest BCUT2D eigenvalue weighted by molar-refractivity contribution is -0.272. The van der Waals surface area contributed by atoms with Crippen LogP contribution in [-0.2, 0) is 9.47 Å². The van der Waals surface area contributed by atoms with E-state index in [9.17, 15) is 15.3 Å². The fourth-order valence-corrected chi connectivity index (χ4v) is 4.25. The van der Waals surface area contributed by atoms with Gasteiger partial charge in [-0.25, -0.2) is 0 Å². The van der Waals surface area contributed by atoms with Gasteiger partial charge < -0.3 is 24.8 Å². The van der Waals surface area contributed by atoms with E-state index in [-0.39, 0.29) is 6.61 Å². The summed E-state index contributed by atoms with van der Waals surface area (Å²) in [5, 5.41) is 29.5. The van der Waals surface area contributed by atoms with Crippen LogP contribution >= 0.6 is 0 Å². The molecule has 0 aromatic carbocycles. The number of hydrogen-bond donors (Lipinski definition) is 3. The van der Waals surface area contributed by atoms with Crippen molar-refractivity contribution >= 4 is 0 Å². The van der Waals surface area contributed by atoms with E-state index in [1.54, 1.807) is 0 Å². The Balaban J connectivity index is 2.29. The Kier molecular flexibility index (Phi) is 17.1. The van der Waals surface area contributed by atoms with Gasteiger partial charge in [-0.15, -0.1) is 0 Å². The first-order valence-electron chi connectivity index (χ1n) is 12.9. The first kappa shape index (κ1) is 27.8. The lowest BCUT2D eigenvalue weighted by Crippen LogP contribution is -2.53. The van der Waals surface area contributed by atoms with Crippen molar-refractivity contribution in [2.75, 3.05) is 13.2 Å². The zero-order chi connectivity index (χ0) is 22.0. The Morgan fingerprint density at radius 1 is 0.700 bits per heavy atom. The van der Waals surface area contributed by atoms with Crippen molar-refractivity contribution < 1.29 is 24.8 Å². The first-order valence-corrected chi connectivity index (χ1v) is 12.9. The van der Waals surface area contributed by atoms with Crippen LogP contribution in [0.1, 0.15) is 117 Å². The SMILES string of the molecule is CCCCCCCCCCC(CCCCCCCC)CO[C@H]1OC[C@@H](O)[C@@H](O)[C@@H]1O. The third-order valence-electron chi connectivity index (χ3n) is 6.38. The van der Waals surface area contributed by atoms with E-state index in [1.807, 2.05) is 0 Å². The number of unbranched alkanes of at least 4 members (excludes halogenated alkanes) is 12. The van der Waals surface area contributed by atoms with Gasteiger partial charge in [0.2, 0.25) is 0 Å². The van der Waals surface area contributed by atoms with E-state index in [0.717, 1.165) is 12.8 Å². The molecule has 0 saturated carbocycles. The van der Waals surface area contributed by atoms with Crippen molar-refractivity contribution in [3.8, 4) is 0 Å². The van der Waals surface area contributed by atoms with Gasteiger partial charge in [0.1, 0.15) is 18.3 Å². The molecule has 1 rings (SSSR count). The van der Waals surface area contributed by atoms with Gasteiger partial charge in [-0.05, 0) is 18.8 Å². The Morgan fingerprint density at radius 3 is 1.67 bits per heavy atom. The molecule has 5 nitrogen and oxygen atoms in total. The molecule has 0 amide bonds. The predicted molar refractivity (Wildman–Crippen MR) is 122 cm³/mol. The standard InChI is InChI=1S/C25H50O5/c1-3-5-7-9-11-12-14-16-18-21(17-15-13-10-8-6-4-2)19-29-25-24(28)23(27)22(26)20-30-25/h21-28H,3-20H2,1-2H3/t21?,22-,23-,24+,25+/m1/s1. The van der Waals surface area contributed by atoms with Crippen molar-refractivity contribution in [1.82, 2.24) is 0 Å². The quantitative estimate of drug-likeness (QED) is 0.241. The molecule has 0 aromatic heterocycles. The molecule has 0 aliphatic carbocycles. The third kappa shape index (κ3) is 12.6. The molecule has 1 aliphatic rings. The Hall–Kier alpha value is -0.200. The van der Waals surface area contributed by atoms with Crippen LogP contribution in [0.3, 0.4) is 0 Å². The molecular weight excluding hydrogens is 380 g/mol. The zero-order valence-electron chi connectivity index (χ0n) is 19.8. The van der Waals surface area contributed by atoms with Crippen LogP contribution in [0.2, 0.25) is 0 Å². The second kappa shape index (κ2) is 18.4. The number of hydrogen-bond acceptors (Lipinski definition) is 5. The van der Waals surface area contributed by atoms with Crippen LogP contribution in [0.15, 0.2) is 0 Å². The highest BCUT2D eigenvalue weighted by Gasteiger charge is 2.38. The molecule has 1 fully saturated rings. The zero-order valence-corrected chi connectivity index (χ0v) is 19.8. The maximum Gasteiger partial charge on any atom is 0.186 e. The molecule has 1 aliphatic heterocycles. The van der Waals surface area contributed by atoms with Crippen molar-refractivity contribution in [2.24, 2.45) is 5.92 Å². The van der Waals surface area contributed by atoms with Crippen LogP contribution in [0.25, 0.3) is 0 Å². The molecule has 0 spiro atoms. The van der Waals surface area contributed by atoms with Gasteiger partial charge in [-0.2, -0.15) is 0 Å². The Labute approximate surface area is 185 Å². The summed E-state index contributed by atoms with van der Waals surface area (Å²) in [4.78, 5) is 0. The number of ether oxygens (including phenoxy) is 2. The molecule has 30 heavy (non-hydrogen) atoms. The van der Waals surface area contributed by atoms with Crippen LogP contribution in [0, 0.1) is 5.92 Å². The molecular formula is C25H50O5. The average molecular weight is 431 g/mol. The molecule has 5 atom stereocenters. The maximum atomic E-state index is 10.1. The first-order chi connectivity index (χ1) is 14.6. The van der Waals surface area contributed by atoms with Gasteiger partial charge in [-0.1, -0.05) is 104 Å². The van der Waals surface area contributed by atoms with Crippen molar-refractivity contribution in [1.29, 1.82) is 0 Å². The highest BCUT2D eigenvalue weighted by Crippen LogP contribution is 2.23. The van der Waals surface area contributed by atoms with E-state index in [2.05, 4.69) is 13.8 Å². The Bertz CT molecular complexity index is 379. The van der Waals surface area contributed by atoms with Gasteiger partial charge >= 0.3 is 0 Å². The summed E-state index contributed by atoms with van der Waals surface area (Å²) in [5.74, 6) is 0.469. The largest absolute Gasteiger partial charge is 0.388 e. The second-order valence-corrected chi connectivity index (χ2v) is 9.27. The van der Waals surface area contributed by atoms with Gasteiger partial charge in [-0.3, -0.25) is 0 Å². The summed E-state index contributed by atoms with van der Waals surface area (Å²) < 4.78 is 11.3. The van der Waals surface area contributed by atoms with Crippen LogP contribution in [0.5, 0.6) is 0 Å². The van der Waals surface area contributed by atoms with Crippen LogP contribution in [0.4, 0.5) is 0 Å². The van der Waals surface area contributed by atoms with Gasteiger partial charge in [0.05, 0.1) is 13.2 Å². The van der Waals surface area contributed by atoms with Crippen molar-refractivity contribution in [3.05, 3.63) is 0 Å². The molecule has 0 aromatic rings. The molecule has 180 valence electrons. The van der Waals surface area contributed by atoms with Gasteiger partial charge in [0.25, 0.3) is 0 Å². The number of aliphatic hydroxyl groups is 3. The normalized spacial score (nSPS) is 25.5. The maximum absolute atomic E-state index is 10.1. The lowest BCUT2D eigenvalue weighted by atomic mass is 9.94. The minimum atomic E-state index is -1.20. The molecule has 1 heterocycles. The topological polar surface area (TPSA) is 79.2 Å². The molecule has 0 radical (unpaired) electrons. The highest BCUT2D eigenvalue weighted by atomic mass is 16.7. The highest BCUT2D eigenvalue weighted by molar-refractivity contribution is 4.82. The summed E-state index contributed by atoms with van der Waals surface area (Å²) in [5.41, 5.74) is 0. The van der Waals surface area contributed by atoms with Crippen molar-refractivity contribution in [3.63, 3.8) is 0 Å². The smallest absolute Gasteiger partial charge is 0.186 e. The summed E-state index contributed by atoms with van der Waals surface area (Å²) >= 11 is 0. The van der Waals surface area contributed by atoms with Gasteiger partial charge in [0.15, 0.2) is 6.29 Å². The molecule has 0 bridgehead atoms. The van der Waals surface area contributed by atoms with Crippen molar-refractivity contribution in [2.45, 2.75) is 141 Å². The monoisotopic (exact) mass is 430 g/mol. The Morgan fingerprint density at radius 2 is 1.17 bits per heavy atom. The number of rotatable bonds is 19. The fraction of sp³-hybridized carbons (Fsp3) is 1.00. The minimum Gasteiger partial charge on any atom is -0.388 e. The van der Waals surface area contributed by atoms with Gasteiger partial charge in [0, 0.05) is 0 Å². The van der Waals surface area contributed by atoms with E-state index >= 15 is 0 Å². The lowest BCUT2D eigenvalue weighted by Gasteiger charge is -2.35. The summed E-state index contributed by atoms with van der Waals surface area (Å²) in [7, 11) is 0. The summed E-state index contributed by atoms with van der Waals surface area (Å²) in [6, 6.07) is 0. The van der Waals surface area contributed by atoms with E-state index in [4.69, 9.17) is 9.47 Å². The fourth-order valence-electron chi connectivity index (χ4n) is 4.25. The second-order valence-electron chi connectivity index (χ2n) is 9.27. The van der Waals surface area contributed by atoms with E-state index in [0.29, 0.717) is 12.5 Å².